The average Bonchev–Trinajstić information content (AvgIpc) is 2.67. The van der Waals surface area contributed by atoms with Crippen molar-refractivity contribution in [2.24, 2.45) is 0 Å². The Kier molecular flexibility index (Phi) is 4.63. The van der Waals surface area contributed by atoms with Gasteiger partial charge in [-0.05, 0) is 46.9 Å². The van der Waals surface area contributed by atoms with Gasteiger partial charge in [-0.1, -0.05) is 48.5 Å². The van der Waals surface area contributed by atoms with Crippen molar-refractivity contribution >= 4 is 34.0 Å². The van der Waals surface area contributed by atoms with Gasteiger partial charge in [0.25, 0.3) is 0 Å². The molecule has 0 saturated carbocycles. The van der Waals surface area contributed by atoms with Gasteiger partial charge < -0.3 is 10.2 Å². The number of fused-ring (bicyclic) bond motifs is 2. The molecule has 1 heterocycles. The summed E-state index contributed by atoms with van der Waals surface area (Å²) >= 11 is 0. The predicted octanol–water partition coefficient (Wildman–Crippen LogP) is 4.32. The lowest BCUT2D eigenvalue weighted by Crippen LogP contribution is -2.33. The Balaban J connectivity index is 1.55. The normalized spacial score (nSPS) is 13.3. The topological polar surface area (TPSA) is 49.4 Å². The van der Waals surface area contributed by atoms with Crippen LogP contribution in [0.1, 0.15) is 24.5 Å². The third-order valence-electron chi connectivity index (χ3n) is 5.10. The van der Waals surface area contributed by atoms with Gasteiger partial charge in [-0.15, -0.1) is 0 Å². The number of nitrogens with zero attached hydrogens (tertiary/aromatic N) is 1. The zero-order chi connectivity index (χ0) is 18.8. The Bertz CT molecular complexity index is 1020. The first-order chi connectivity index (χ1) is 13.1. The van der Waals surface area contributed by atoms with E-state index >= 15 is 0 Å². The quantitative estimate of drug-likeness (QED) is 0.758. The van der Waals surface area contributed by atoms with Crippen molar-refractivity contribution in [1.82, 2.24) is 0 Å². The third kappa shape index (κ3) is 3.56. The molecule has 27 heavy (non-hydrogen) atoms. The zero-order valence-corrected chi connectivity index (χ0v) is 15.4. The highest BCUT2D eigenvalue weighted by atomic mass is 16.2. The van der Waals surface area contributed by atoms with Crippen LogP contribution in [0.25, 0.3) is 10.8 Å². The van der Waals surface area contributed by atoms with Gasteiger partial charge in [-0.3, -0.25) is 9.59 Å². The van der Waals surface area contributed by atoms with E-state index in [1.807, 2.05) is 48.5 Å². The molecule has 0 fully saturated rings. The van der Waals surface area contributed by atoms with E-state index in [-0.39, 0.29) is 11.8 Å². The van der Waals surface area contributed by atoms with Crippen molar-refractivity contribution in [2.45, 2.75) is 26.2 Å². The molecule has 4 rings (SSSR count). The highest BCUT2D eigenvalue weighted by Gasteiger charge is 2.20. The van der Waals surface area contributed by atoms with Crippen molar-refractivity contribution in [3.8, 4) is 0 Å². The highest BCUT2D eigenvalue weighted by molar-refractivity contribution is 5.98. The van der Waals surface area contributed by atoms with Crippen LogP contribution in [0.5, 0.6) is 0 Å². The number of amides is 2. The lowest BCUT2D eigenvalue weighted by atomic mass is 10.0. The van der Waals surface area contributed by atoms with E-state index in [0.717, 1.165) is 52.7 Å². The minimum absolute atomic E-state index is 0.0372. The van der Waals surface area contributed by atoms with E-state index in [0.29, 0.717) is 6.42 Å². The molecule has 1 aliphatic heterocycles. The minimum atomic E-state index is -0.0588. The van der Waals surface area contributed by atoms with Gasteiger partial charge >= 0.3 is 0 Å². The number of aryl methyl sites for hydroxylation is 1. The summed E-state index contributed by atoms with van der Waals surface area (Å²) in [7, 11) is 0. The number of benzene rings is 3. The second kappa shape index (κ2) is 7.23. The number of anilines is 2. The number of rotatable bonds is 3. The van der Waals surface area contributed by atoms with Crippen molar-refractivity contribution in [2.75, 3.05) is 16.8 Å². The Hall–Kier alpha value is -3.14. The SMILES string of the molecule is CC(=O)N1CCCc2ccc(NC(=O)Cc3cccc4ccccc34)cc21. The Labute approximate surface area is 158 Å². The fourth-order valence-electron chi connectivity index (χ4n) is 3.80. The molecule has 0 bridgehead atoms. The maximum absolute atomic E-state index is 12.6. The molecule has 0 aliphatic carbocycles. The first-order valence-electron chi connectivity index (χ1n) is 9.29. The molecule has 4 heteroatoms. The van der Waals surface area contributed by atoms with Crippen LogP contribution in [0.2, 0.25) is 0 Å². The number of hydrogen-bond acceptors (Lipinski definition) is 2. The van der Waals surface area contributed by atoms with Gasteiger partial charge in [-0.25, -0.2) is 0 Å². The lowest BCUT2D eigenvalue weighted by molar-refractivity contribution is -0.117. The summed E-state index contributed by atoms with van der Waals surface area (Å²) in [6, 6.07) is 20.0. The molecule has 2 amide bonds. The van der Waals surface area contributed by atoms with Gasteiger partial charge in [0, 0.05) is 24.8 Å². The van der Waals surface area contributed by atoms with Crippen LogP contribution in [-0.2, 0) is 22.4 Å². The van der Waals surface area contributed by atoms with E-state index in [1.165, 1.54) is 0 Å². The first-order valence-corrected chi connectivity index (χ1v) is 9.29. The number of carbonyl (C=O) groups excluding carboxylic acids is 2. The number of hydrogen-bond donors (Lipinski definition) is 1. The van der Waals surface area contributed by atoms with E-state index < -0.39 is 0 Å². The maximum atomic E-state index is 12.6. The van der Waals surface area contributed by atoms with E-state index in [4.69, 9.17) is 0 Å². The smallest absolute Gasteiger partial charge is 0.228 e. The van der Waals surface area contributed by atoms with Crippen molar-refractivity contribution in [3.63, 3.8) is 0 Å². The van der Waals surface area contributed by atoms with E-state index in [2.05, 4.69) is 17.4 Å². The molecular formula is C23H22N2O2. The highest BCUT2D eigenvalue weighted by Crippen LogP contribution is 2.30. The molecule has 0 unspecified atom stereocenters. The summed E-state index contributed by atoms with van der Waals surface area (Å²) in [5.41, 5.74) is 3.81. The number of nitrogens with one attached hydrogen (secondary N) is 1. The maximum Gasteiger partial charge on any atom is 0.228 e. The molecular weight excluding hydrogens is 336 g/mol. The van der Waals surface area contributed by atoms with Crippen LogP contribution in [0.4, 0.5) is 11.4 Å². The number of carbonyl (C=O) groups is 2. The summed E-state index contributed by atoms with van der Waals surface area (Å²) in [4.78, 5) is 26.3. The second-order valence-corrected chi connectivity index (χ2v) is 6.98. The second-order valence-electron chi connectivity index (χ2n) is 6.98. The predicted molar refractivity (Wildman–Crippen MR) is 109 cm³/mol. The standard InChI is InChI=1S/C23H22N2O2/c1-16(26)25-13-5-9-18-11-12-20(15-22(18)25)24-23(27)14-19-8-4-7-17-6-2-3-10-21(17)19/h2-4,6-8,10-12,15H,5,9,13-14H2,1H3,(H,24,27). The lowest BCUT2D eigenvalue weighted by Gasteiger charge is -2.29. The molecule has 136 valence electrons. The molecule has 4 nitrogen and oxygen atoms in total. The Morgan fingerprint density at radius 1 is 1.04 bits per heavy atom. The molecule has 1 N–H and O–H groups in total. The van der Waals surface area contributed by atoms with Gasteiger partial charge in [0.05, 0.1) is 6.42 Å². The molecule has 0 spiro atoms. The van der Waals surface area contributed by atoms with Gasteiger partial charge in [0.1, 0.15) is 0 Å². The third-order valence-corrected chi connectivity index (χ3v) is 5.10. The van der Waals surface area contributed by atoms with Crippen LogP contribution in [0.15, 0.2) is 60.7 Å². The monoisotopic (exact) mass is 358 g/mol. The summed E-state index contributed by atoms with van der Waals surface area (Å²) in [6.07, 6.45) is 2.25. The zero-order valence-electron chi connectivity index (χ0n) is 15.4. The van der Waals surface area contributed by atoms with Gasteiger partial charge in [-0.2, -0.15) is 0 Å². The Morgan fingerprint density at radius 3 is 2.70 bits per heavy atom. The van der Waals surface area contributed by atoms with E-state index in [9.17, 15) is 9.59 Å². The molecule has 1 aliphatic rings. The van der Waals surface area contributed by atoms with Crippen molar-refractivity contribution in [1.29, 1.82) is 0 Å². The molecule has 3 aromatic carbocycles. The fraction of sp³-hybridized carbons (Fsp3) is 0.217. The summed E-state index contributed by atoms with van der Waals surface area (Å²) in [5.74, 6) is -0.0216. The molecule has 0 atom stereocenters. The van der Waals surface area contributed by atoms with Crippen LogP contribution >= 0.6 is 0 Å². The summed E-state index contributed by atoms with van der Waals surface area (Å²) in [5, 5.41) is 5.22. The van der Waals surface area contributed by atoms with Crippen LogP contribution in [-0.4, -0.2) is 18.4 Å². The van der Waals surface area contributed by atoms with Gasteiger partial charge in [0.2, 0.25) is 11.8 Å². The Morgan fingerprint density at radius 2 is 1.85 bits per heavy atom. The van der Waals surface area contributed by atoms with E-state index in [1.54, 1.807) is 11.8 Å². The summed E-state index contributed by atoms with van der Waals surface area (Å²) in [6.45, 7) is 2.32. The van der Waals surface area contributed by atoms with Crippen molar-refractivity contribution in [3.05, 3.63) is 71.8 Å². The first kappa shape index (κ1) is 17.3. The minimum Gasteiger partial charge on any atom is -0.326 e. The molecule has 0 aromatic heterocycles. The van der Waals surface area contributed by atoms with Crippen LogP contribution < -0.4 is 10.2 Å². The molecule has 0 radical (unpaired) electrons. The largest absolute Gasteiger partial charge is 0.326 e. The fourth-order valence-corrected chi connectivity index (χ4v) is 3.80. The van der Waals surface area contributed by atoms with Crippen LogP contribution in [0, 0.1) is 0 Å². The van der Waals surface area contributed by atoms with Crippen LogP contribution in [0.3, 0.4) is 0 Å². The van der Waals surface area contributed by atoms with Gasteiger partial charge in [0.15, 0.2) is 0 Å². The van der Waals surface area contributed by atoms with Crippen molar-refractivity contribution < 1.29 is 9.59 Å². The molecule has 0 saturated heterocycles. The summed E-state index contributed by atoms with van der Waals surface area (Å²) < 4.78 is 0. The average molecular weight is 358 g/mol. The molecule has 3 aromatic rings.